The lowest BCUT2D eigenvalue weighted by Crippen LogP contribution is -2.50. The summed E-state index contributed by atoms with van der Waals surface area (Å²) in [6.07, 6.45) is -0.360. The van der Waals surface area contributed by atoms with Crippen LogP contribution in [0, 0.1) is 15.9 Å². The van der Waals surface area contributed by atoms with Crippen molar-refractivity contribution in [3.8, 4) is 0 Å². The van der Waals surface area contributed by atoms with Crippen molar-refractivity contribution in [2.75, 3.05) is 36.4 Å². The molecular formula is C20H23BrFN5O4. The number of nitrogens with one attached hydrogen (secondary N) is 1. The predicted octanol–water partition coefficient (Wildman–Crippen LogP) is 4.69. The highest BCUT2D eigenvalue weighted by molar-refractivity contribution is 9.10. The Morgan fingerprint density at radius 1 is 1.23 bits per heavy atom. The third-order valence-corrected chi connectivity index (χ3v) is 4.98. The highest BCUT2D eigenvalue weighted by atomic mass is 79.9. The maximum Gasteiger partial charge on any atom is 0.410 e. The summed E-state index contributed by atoms with van der Waals surface area (Å²) in [6, 6.07) is 7.32. The zero-order valence-electron chi connectivity index (χ0n) is 17.4. The molecular weight excluding hydrogens is 473 g/mol. The molecule has 11 heteroatoms. The zero-order valence-corrected chi connectivity index (χ0v) is 19.0. The van der Waals surface area contributed by atoms with E-state index in [1.807, 2.05) is 25.7 Å². The molecule has 0 atom stereocenters. The number of halogens is 2. The van der Waals surface area contributed by atoms with Gasteiger partial charge in [0.05, 0.1) is 10.6 Å². The lowest BCUT2D eigenvalue weighted by atomic mass is 10.2. The van der Waals surface area contributed by atoms with Crippen molar-refractivity contribution in [1.29, 1.82) is 0 Å². The summed E-state index contributed by atoms with van der Waals surface area (Å²) in [5, 5.41) is 13.9. The number of hydrogen-bond donors (Lipinski definition) is 1. The summed E-state index contributed by atoms with van der Waals surface area (Å²) in [5.41, 5.74) is -0.0864. The topological polar surface area (TPSA) is 101 Å². The molecule has 166 valence electrons. The largest absolute Gasteiger partial charge is 0.444 e. The van der Waals surface area contributed by atoms with Crippen LogP contribution in [0.5, 0.6) is 0 Å². The molecule has 0 aliphatic carbocycles. The van der Waals surface area contributed by atoms with Gasteiger partial charge in [0.1, 0.15) is 16.0 Å². The van der Waals surface area contributed by atoms with Gasteiger partial charge in [-0.3, -0.25) is 10.1 Å². The fraction of sp³-hybridized carbons (Fsp3) is 0.400. The van der Waals surface area contributed by atoms with Crippen LogP contribution in [0.4, 0.5) is 32.1 Å². The molecule has 0 saturated carbocycles. The predicted molar refractivity (Wildman–Crippen MR) is 118 cm³/mol. The van der Waals surface area contributed by atoms with Gasteiger partial charge in [-0.1, -0.05) is 0 Å². The average Bonchev–Trinajstić information content (AvgIpc) is 2.68. The molecule has 0 radical (unpaired) electrons. The number of ether oxygens (including phenoxy) is 1. The Labute approximate surface area is 187 Å². The van der Waals surface area contributed by atoms with Gasteiger partial charge in [0.25, 0.3) is 0 Å². The normalized spacial score (nSPS) is 14.4. The molecule has 2 heterocycles. The van der Waals surface area contributed by atoms with Gasteiger partial charge in [-0.25, -0.2) is 14.2 Å². The Balaban J connectivity index is 1.68. The minimum absolute atomic E-state index is 0.0583. The second-order valence-electron chi connectivity index (χ2n) is 8.00. The Morgan fingerprint density at radius 3 is 2.48 bits per heavy atom. The molecule has 1 amide bonds. The highest BCUT2D eigenvalue weighted by Crippen LogP contribution is 2.30. The Bertz CT molecular complexity index is 990. The lowest BCUT2D eigenvalue weighted by molar-refractivity contribution is -0.384. The number of anilines is 3. The summed E-state index contributed by atoms with van der Waals surface area (Å²) in [7, 11) is 0. The van der Waals surface area contributed by atoms with Gasteiger partial charge in [-0.15, -0.1) is 0 Å². The maximum absolute atomic E-state index is 14.7. The SMILES string of the molecule is CC(C)(C)OC(=O)N1CCN(c2ccc(Nc3nc(Br)ccc3[N+](=O)[O-])c(F)c2)CC1. The first-order valence-corrected chi connectivity index (χ1v) is 10.4. The van der Waals surface area contributed by atoms with E-state index in [1.165, 1.54) is 24.3 Å². The van der Waals surface area contributed by atoms with Crippen LogP contribution in [-0.2, 0) is 4.74 Å². The molecule has 1 aliphatic rings. The number of benzene rings is 1. The van der Waals surface area contributed by atoms with E-state index in [1.54, 1.807) is 11.0 Å². The first-order valence-electron chi connectivity index (χ1n) is 9.64. The molecule has 9 nitrogen and oxygen atoms in total. The highest BCUT2D eigenvalue weighted by Gasteiger charge is 2.26. The van der Waals surface area contributed by atoms with Gasteiger partial charge in [0, 0.05) is 37.9 Å². The summed E-state index contributed by atoms with van der Waals surface area (Å²) in [6.45, 7) is 7.44. The summed E-state index contributed by atoms with van der Waals surface area (Å²) >= 11 is 3.16. The van der Waals surface area contributed by atoms with Crippen molar-refractivity contribution >= 4 is 44.9 Å². The molecule has 3 rings (SSSR count). The van der Waals surface area contributed by atoms with Crippen LogP contribution < -0.4 is 10.2 Å². The summed E-state index contributed by atoms with van der Waals surface area (Å²) < 4.78 is 20.5. The smallest absolute Gasteiger partial charge is 0.410 e. The van der Waals surface area contributed by atoms with Crippen molar-refractivity contribution in [3.63, 3.8) is 0 Å². The number of piperazine rings is 1. The van der Waals surface area contributed by atoms with Crippen LogP contribution >= 0.6 is 15.9 Å². The number of hydrogen-bond acceptors (Lipinski definition) is 7. The molecule has 0 bridgehead atoms. The average molecular weight is 496 g/mol. The van der Waals surface area contributed by atoms with E-state index < -0.39 is 16.3 Å². The van der Waals surface area contributed by atoms with Crippen LogP contribution in [0.15, 0.2) is 34.9 Å². The number of nitrogens with zero attached hydrogens (tertiary/aromatic N) is 4. The number of nitro groups is 1. The molecule has 2 aromatic rings. The standard InChI is InChI=1S/C20H23BrFN5O4/c1-20(2,3)31-19(28)26-10-8-25(9-11-26)13-4-5-15(14(22)12-13)23-18-16(27(29)30)6-7-17(21)24-18/h4-7,12H,8-11H2,1-3H3,(H,23,24). The quantitative estimate of drug-likeness (QED) is 0.372. The summed E-state index contributed by atoms with van der Waals surface area (Å²) in [4.78, 5) is 30.4. The van der Waals surface area contributed by atoms with Gasteiger partial charge < -0.3 is 19.9 Å². The van der Waals surface area contributed by atoms with E-state index in [2.05, 4.69) is 26.2 Å². The van der Waals surface area contributed by atoms with Crippen LogP contribution in [-0.4, -0.2) is 52.7 Å². The van der Waals surface area contributed by atoms with Crippen molar-refractivity contribution < 1.29 is 18.8 Å². The number of pyridine rings is 1. The van der Waals surface area contributed by atoms with E-state index >= 15 is 0 Å². The Morgan fingerprint density at radius 2 is 1.90 bits per heavy atom. The second-order valence-corrected chi connectivity index (χ2v) is 8.81. The molecule has 1 fully saturated rings. The second kappa shape index (κ2) is 9.04. The van der Waals surface area contributed by atoms with E-state index in [9.17, 15) is 19.3 Å². The third-order valence-electron chi connectivity index (χ3n) is 4.54. The van der Waals surface area contributed by atoms with Gasteiger partial charge in [0.15, 0.2) is 0 Å². The van der Waals surface area contributed by atoms with E-state index in [4.69, 9.17) is 4.74 Å². The number of rotatable bonds is 4. The number of carbonyl (C=O) groups is 1. The minimum atomic E-state index is -0.585. The van der Waals surface area contributed by atoms with Crippen LogP contribution in [0.3, 0.4) is 0 Å². The number of carbonyl (C=O) groups excluding carboxylic acids is 1. The van der Waals surface area contributed by atoms with Crippen molar-refractivity contribution in [2.24, 2.45) is 0 Å². The first-order chi connectivity index (χ1) is 14.5. The van der Waals surface area contributed by atoms with Gasteiger partial charge in [-0.05, 0) is 61.0 Å². The molecule has 0 unspecified atom stereocenters. The molecule has 1 aromatic heterocycles. The van der Waals surface area contributed by atoms with Crippen LogP contribution in [0.1, 0.15) is 20.8 Å². The zero-order chi connectivity index (χ0) is 22.8. The van der Waals surface area contributed by atoms with Crippen molar-refractivity contribution in [1.82, 2.24) is 9.88 Å². The molecule has 1 saturated heterocycles. The first kappa shape index (κ1) is 22.7. The van der Waals surface area contributed by atoms with E-state index in [0.717, 1.165) is 0 Å². The fourth-order valence-electron chi connectivity index (χ4n) is 3.07. The fourth-order valence-corrected chi connectivity index (χ4v) is 3.38. The molecule has 31 heavy (non-hydrogen) atoms. The Hall–Kier alpha value is -2.95. The van der Waals surface area contributed by atoms with Gasteiger partial charge in [-0.2, -0.15) is 0 Å². The number of aromatic nitrogens is 1. The van der Waals surface area contributed by atoms with Gasteiger partial charge in [0.2, 0.25) is 5.82 Å². The van der Waals surface area contributed by atoms with Crippen molar-refractivity contribution in [2.45, 2.75) is 26.4 Å². The molecule has 1 N–H and O–H groups in total. The van der Waals surface area contributed by atoms with Gasteiger partial charge >= 0.3 is 11.8 Å². The maximum atomic E-state index is 14.7. The van der Waals surface area contributed by atoms with Crippen molar-refractivity contribution in [3.05, 3.63) is 50.9 Å². The lowest BCUT2D eigenvalue weighted by Gasteiger charge is -2.36. The third kappa shape index (κ3) is 5.81. The molecule has 1 aromatic carbocycles. The van der Waals surface area contributed by atoms with E-state index in [-0.39, 0.29) is 23.3 Å². The minimum Gasteiger partial charge on any atom is -0.444 e. The Kier molecular flexibility index (Phi) is 6.63. The number of amides is 1. The monoisotopic (exact) mass is 495 g/mol. The summed E-state index contributed by atoms with van der Waals surface area (Å²) in [5.74, 6) is -0.625. The van der Waals surface area contributed by atoms with Crippen LogP contribution in [0.2, 0.25) is 0 Å². The van der Waals surface area contributed by atoms with E-state index in [0.29, 0.717) is 36.5 Å². The van der Waals surface area contributed by atoms with Crippen LogP contribution in [0.25, 0.3) is 0 Å². The molecule has 0 spiro atoms. The molecule has 1 aliphatic heterocycles.